The van der Waals surface area contributed by atoms with Crippen LogP contribution in [-0.2, 0) is 6.42 Å². The van der Waals surface area contributed by atoms with Gasteiger partial charge in [-0.1, -0.05) is 42.5 Å². The molecule has 0 heterocycles. The zero-order valence-corrected chi connectivity index (χ0v) is 14.2. The van der Waals surface area contributed by atoms with Crippen LogP contribution in [0.2, 0.25) is 0 Å². The van der Waals surface area contributed by atoms with E-state index in [4.69, 9.17) is 0 Å². The standard InChI is InChI=1S/C19H24N2.ClH/c1-20(2)14-15-21(17-9-4-3-5-10-17)19-13-12-16-8-6-7-11-18(16)19;/h3-11,19H,12-15H2,1-2H3;1H. The van der Waals surface area contributed by atoms with E-state index in [0.29, 0.717) is 6.04 Å². The van der Waals surface area contributed by atoms with Crippen molar-refractivity contribution in [2.24, 2.45) is 0 Å². The quantitative estimate of drug-likeness (QED) is 0.817. The number of rotatable bonds is 5. The van der Waals surface area contributed by atoms with Gasteiger partial charge in [-0.05, 0) is 50.2 Å². The number of nitrogens with zero attached hydrogens (tertiary/aromatic N) is 2. The molecule has 1 unspecified atom stereocenters. The Hall–Kier alpha value is -1.51. The molecular weight excluding hydrogens is 292 g/mol. The summed E-state index contributed by atoms with van der Waals surface area (Å²) in [6.45, 7) is 2.14. The van der Waals surface area contributed by atoms with Crippen LogP contribution >= 0.6 is 12.4 Å². The Labute approximate surface area is 140 Å². The Bertz CT molecular complexity index is 583. The summed E-state index contributed by atoms with van der Waals surface area (Å²) < 4.78 is 0. The fraction of sp³-hybridized carbons (Fsp3) is 0.368. The van der Waals surface area contributed by atoms with E-state index in [2.05, 4.69) is 78.5 Å². The second-order valence-corrected chi connectivity index (χ2v) is 6.09. The summed E-state index contributed by atoms with van der Waals surface area (Å²) in [5, 5.41) is 0. The topological polar surface area (TPSA) is 6.48 Å². The number of likely N-dealkylation sites (N-methyl/N-ethyl adjacent to an activating group) is 1. The maximum Gasteiger partial charge on any atom is 0.0548 e. The minimum absolute atomic E-state index is 0. The van der Waals surface area contributed by atoms with E-state index < -0.39 is 0 Å². The van der Waals surface area contributed by atoms with Crippen LogP contribution in [-0.4, -0.2) is 32.1 Å². The van der Waals surface area contributed by atoms with Crippen molar-refractivity contribution in [1.82, 2.24) is 4.90 Å². The molecule has 0 fully saturated rings. The van der Waals surface area contributed by atoms with Gasteiger partial charge >= 0.3 is 0 Å². The molecule has 2 aromatic rings. The number of aryl methyl sites for hydroxylation is 1. The minimum Gasteiger partial charge on any atom is -0.363 e. The maximum atomic E-state index is 2.58. The van der Waals surface area contributed by atoms with Crippen molar-refractivity contribution in [3.8, 4) is 0 Å². The van der Waals surface area contributed by atoms with E-state index in [9.17, 15) is 0 Å². The van der Waals surface area contributed by atoms with E-state index in [1.54, 1.807) is 0 Å². The number of hydrogen-bond acceptors (Lipinski definition) is 2. The average Bonchev–Trinajstić information content (AvgIpc) is 2.93. The van der Waals surface area contributed by atoms with Gasteiger partial charge in [-0.3, -0.25) is 0 Å². The Balaban J connectivity index is 0.00000176. The molecule has 3 heteroatoms. The fourth-order valence-electron chi connectivity index (χ4n) is 3.25. The van der Waals surface area contributed by atoms with E-state index in [1.807, 2.05) is 0 Å². The van der Waals surface area contributed by atoms with E-state index in [1.165, 1.54) is 29.7 Å². The lowest BCUT2D eigenvalue weighted by Gasteiger charge is -2.33. The summed E-state index contributed by atoms with van der Waals surface area (Å²) in [5.74, 6) is 0. The van der Waals surface area contributed by atoms with Crippen LogP contribution in [0.3, 0.4) is 0 Å². The van der Waals surface area contributed by atoms with Crippen molar-refractivity contribution in [3.05, 3.63) is 65.7 Å². The second kappa shape index (κ2) is 7.66. The molecule has 0 bridgehead atoms. The van der Waals surface area contributed by atoms with Crippen LogP contribution in [0.15, 0.2) is 54.6 Å². The summed E-state index contributed by atoms with van der Waals surface area (Å²) in [7, 11) is 4.29. The van der Waals surface area contributed by atoms with Gasteiger partial charge in [0.05, 0.1) is 6.04 Å². The molecule has 2 aromatic carbocycles. The van der Waals surface area contributed by atoms with Crippen molar-refractivity contribution >= 4 is 18.1 Å². The summed E-state index contributed by atoms with van der Waals surface area (Å²) in [5.41, 5.74) is 4.37. The van der Waals surface area contributed by atoms with Gasteiger partial charge in [0.25, 0.3) is 0 Å². The van der Waals surface area contributed by atoms with Gasteiger partial charge in [0.1, 0.15) is 0 Å². The third-order valence-corrected chi connectivity index (χ3v) is 4.35. The molecule has 3 rings (SSSR count). The van der Waals surface area contributed by atoms with Gasteiger partial charge in [-0.2, -0.15) is 0 Å². The number of fused-ring (bicyclic) bond motifs is 1. The van der Waals surface area contributed by atoms with Gasteiger partial charge in [0, 0.05) is 18.8 Å². The number of hydrogen-bond donors (Lipinski definition) is 0. The first kappa shape index (κ1) is 16.9. The summed E-state index contributed by atoms with van der Waals surface area (Å²) in [6, 6.07) is 20.3. The molecule has 0 saturated heterocycles. The molecule has 118 valence electrons. The Morgan fingerprint density at radius 2 is 1.59 bits per heavy atom. The predicted molar refractivity (Wildman–Crippen MR) is 97.1 cm³/mol. The number of halogens is 1. The highest BCUT2D eigenvalue weighted by molar-refractivity contribution is 5.85. The molecule has 0 aromatic heterocycles. The lowest BCUT2D eigenvalue weighted by atomic mass is 10.1. The zero-order valence-electron chi connectivity index (χ0n) is 13.4. The Morgan fingerprint density at radius 3 is 2.32 bits per heavy atom. The summed E-state index contributed by atoms with van der Waals surface area (Å²) in [4.78, 5) is 4.84. The van der Waals surface area contributed by atoms with Crippen molar-refractivity contribution in [1.29, 1.82) is 0 Å². The number of benzene rings is 2. The van der Waals surface area contributed by atoms with Crippen molar-refractivity contribution in [3.63, 3.8) is 0 Å². The molecule has 0 saturated carbocycles. The van der Waals surface area contributed by atoms with E-state index >= 15 is 0 Å². The Kier molecular flexibility index (Phi) is 5.87. The second-order valence-electron chi connectivity index (χ2n) is 6.09. The normalized spacial score (nSPS) is 16.2. The highest BCUT2D eigenvalue weighted by Gasteiger charge is 2.27. The van der Waals surface area contributed by atoms with Crippen LogP contribution in [0.25, 0.3) is 0 Å². The average molecular weight is 317 g/mol. The highest BCUT2D eigenvalue weighted by Crippen LogP contribution is 2.37. The van der Waals surface area contributed by atoms with Gasteiger partial charge in [0.2, 0.25) is 0 Å². The highest BCUT2D eigenvalue weighted by atomic mass is 35.5. The van der Waals surface area contributed by atoms with Gasteiger partial charge in [-0.25, -0.2) is 0 Å². The molecule has 0 radical (unpaired) electrons. The molecule has 0 N–H and O–H groups in total. The van der Waals surface area contributed by atoms with Crippen LogP contribution in [0.5, 0.6) is 0 Å². The molecule has 2 nitrogen and oxygen atoms in total. The fourth-order valence-corrected chi connectivity index (χ4v) is 3.25. The lowest BCUT2D eigenvalue weighted by Crippen LogP contribution is -2.34. The van der Waals surface area contributed by atoms with Gasteiger partial charge in [-0.15, -0.1) is 12.4 Å². The molecule has 0 spiro atoms. The number of para-hydroxylation sites is 1. The first-order valence-corrected chi connectivity index (χ1v) is 7.80. The first-order chi connectivity index (χ1) is 10.3. The van der Waals surface area contributed by atoms with Gasteiger partial charge < -0.3 is 9.80 Å². The largest absolute Gasteiger partial charge is 0.363 e. The van der Waals surface area contributed by atoms with Crippen molar-refractivity contribution < 1.29 is 0 Å². The van der Waals surface area contributed by atoms with Crippen LogP contribution in [0.1, 0.15) is 23.6 Å². The molecule has 1 aliphatic carbocycles. The monoisotopic (exact) mass is 316 g/mol. The van der Waals surface area contributed by atoms with Crippen LogP contribution in [0, 0.1) is 0 Å². The van der Waals surface area contributed by atoms with E-state index in [0.717, 1.165) is 13.1 Å². The molecule has 0 amide bonds. The van der Waals surface area contributed by atoms with Crippen LogP contribution < -0.4 is 4.90 Å². The third-order valence-electron chi connectivity index (χ3n) is 4.35. The Morgan fingerprint density at radius 1 is 0.909 bits per heavy atom. The first-order valence-electron chi connectivity index (χ1n) is 7.80. The van der Waals surface area contributed by atoms with E-state index in [-0.39, 0.29) is 12.4 Å². The lowest BCUT2D eigenvalue weighted by molar-refractivity contribution is 0.404. The SMILES string of the molecule is CN(C)CCN(c1ccccc1)C1CCc2ccccc21.Cl. The van der Waals surface area contributed by atoms with Crippen molar-refractivity contribution in [2.75, 3.05) is 32.1 Å². The molecule has 22 heavy (non-hydrogen) atoms. The third kappa shape index (κ3) is 3.63. The predicted octanol–water partition coefficient (Wildman–Crippen LogP) is 4.16. The maximum absolute atomic E-state index is 2.58. The summed E-state index contributed by atoms with van der Waals surface area (Å²) >= 11 is 0. The minimum atomic E-state index is 0. The summed E-state index contributed by atoms with van der Waals surface area (Å²) in [6.07, 6.45) is 2.42. The molecule has 0 aliphatic heterocycles. The molecule has 1 aliphatic rings. The molecular formula is C19H25ClN2. The smallest absolute Gasteiger partial charge is 0.0548 e. The van der Waals surface area contributed by atoms with Crippen LogP contribution in [0.4, 0.5) is 5.69 Å². The van der Waals surface area contributed by atoms with Crippen molar-refractivity contribution in [2.45, 2.75) is 18.9 Å². The van der Waals surface area contributed by atoms with Gasteiger partial charge in [0.15, 0.2) is 0 Å². The zero-order chi connectivity index (χ0) is 14.7. The number of anilines is 1. The molecule has 1 atom stereocenters.